The van der Waals surface area contributed by atoms with Gasteiger partial charge in [-0.05, 0) is 13.8 Å². The maximum atomic E-state index is 11.8. The molecule has 3 N–H and O–H groups in total. The second kappa shape index (κ2) is 7.79. The molecular weight excluding hydrogens is 232 g/mol. The predicted octanol–water partition coefficient (Wildman–Crippen LogP) is 0.594. The zero-order valence-corrected chi connectivity index (χ0v) is 11.4. The Morgan fingerprint density at radius 2 is 1.89 bits per heavy atom. The maximum Gasteiger partial charge on any atom is 0.261 e. The van der Waals surface area contributed by atoms with Crippen LogP contribution < -0.4 is 5.73 Å². The molecule has 0 aromatic rings. The van der Waals surface area contributed by atoms with Crippen molar-refractivity contribution in [3.63, 3.8) is 0 Å². The predicted molar refractivity (Wildman–Crippen MR) is 70.6 cm³/mol. The molecular formula is C13H22N2O3. The van der Waals surface area contributed by atoms with Gasteiger partial charge in [0.15, 0.2) is 0 Å². The molecule has 1 unspecified atom stereocenters. The van der Waals surface area contributed by atoms with Gasteiger partial charge in [-0.3, -0.25) is 14.5 Å². The normalized spacial score (nSPS) is 17.3. The van der Waals surface area contributed by atoms with Crippen LogP contribution in [0.4, 0.5) is 0 Å². The van der Waals surface area contributed by atoms with E-state index in [9.17, 15) is 14.7 Å². The summed E-state index contributed by atoms with van der Waals surface area (Å²) in [6.07, 6.45) is 2.43. The fourth-order valence-electron chi connectivity index (χ4n) is 1.53. The minimum absolute atomic E-state index is 0.0229. The van der Waals surface area contributed by atoms with Crippen LogP contribution in [0.15, 0.2) is 23.3 Å². The summed E-state index contributed by atoms with van der Waals surface area (Å²) < 4.78 is 0. The number of carbonyl (C=O) groups excluding carboxylic acids is 2. The fraction of sp³-hybridized carbons (Fsp3) is 0.538. The number of imide groups is 1. The molecule has 0 fully saturated rings. The molecule has 1 heterocycles. The van der Waals surface area contributed by atoms with Gasteiger partial charge in [0.1, 0.15) is 0 Å². The van der Waals surface area contributed by atoms with Crippen molar-refractivity contribution in [3.8, 4) is 0 Å². The largest absolute Gasteiger partial charge is 0.390 e. The molecule has 0 bridgehead atoms. The Morgan fingerprint density at radius 3 is 2.33 bits per heavy atom. The number of nitrogens with zero attached hydrogens (tertiary/aromatic N) is 1. The summed E-state index contributed by atoms with van der Waals surface area (Å²) in [4.78, 5) is 24.6. The first-order chi connectivity index (χ1) is 8.52. The van der Waals surface area contributed by atoms with E-state index >= 15 is 0 Å². The molecule has 5 heteroatoms. The number of aliphatic hydroxyl groups excluding tert-OH is 1. The summed E-state index contributed by atoms with van der Waals surface area (Å²) in [6.45, 7) is 7.35. The third kappa shape index (κ3) is 3.51. The van der Waals surface area contributed by atoms with Gasteiger partial charge in [-0.1, -0.05) is 26.0 Å². The van der Waals surface area contributed by atoms with E-state index in [0.29, 0.717) is 11.1 Å². The molecule has 0 saturated heterocycles. The van der Waals surface area contributed by atoms with E-state index in [4.69, 9.17) is 5.73 Å². The van der Waals surface area contributed by atoms with Gasteiger partial charge in [0.25, 0.3) is 11.8 Å². The van der Waals surface area contributed by atoms with Gasteiger partial charge in [0.05, 0.1) is 12.6 Å². The van der Waals surface area contributed by atoms with Crippen LogP contribution in [-0.4, -0.2) is 41.0 Å². The lowest BCUT2D eigenvalue weighted by molar-refractivity contribution is -0.139. The molecule has 0 aliphatic carbocycles. The molecule has 0 saturated carbocycles. The van der Waals surface area contributed by atoms with Gasteiger partial charge in [0.2, 0.25) is 0 Å². The Labute approximate surface area is 108 Å². The van der Waals surface area contributed by atoms with Crippen LogP contribution in [0.1, 0.15) is 27.7 Å². The number of aliphatic hydroxyl groups is 1. The highest BCUT2D eigenvalue weighted by Crippen LogP contribution is 2.21. The molecule has 1 aliphatic rings. The van der Waals surface area contributed by atoms with Crippen molar-refractivity contribution < 1.29 is 14.7 Å². The highest BCUT2D eigenvalue weighted by molar-refractivity contribution is 6.20. The third-order valence-corrected chi connectivity index (χ3v) is 2.44. The zero-order valence-electron chi connectivity index (χ0n) is 11.4. The quantitative estimate of drug-likeness (QED) is 0.719. The van der Waals surface area contributed by atoms with E-state index in [1.54, 1.807) is 26.0 Å². The van der Waals surface area contributed by atoms with Crippen LogP contribution in [-0.2, 0) is 9.59 Å². The highest BCUT2D eigenvalue weighted by atomic mass is 16.3. The Hall–Kier alpha value is -1.46. The summed E-state index contributed by atoms with van der Waals surface area (Å²) in [5, 5.41) is 9.35. The average Bonchev–Trinajstić information content (AvgIpc) is 2.58. The van der Waals surface area contributed by atoms with Crippen LogP contribution in [0.5, 0.6) is 0 Å². The van der Waals surface area contributed by atoms with Crippen LogP contribution >= 0.6 is 0 Å². The number of β-amino-alcohol motifs (C(OH)–C–C–N with tert-alkyl or cyclic N) is 1. The number of nitrogens with two attached hydrogens (primary N) is 1. The number of rotatable bonds is 4. The summed E-state index contributed by atoms with van der Waals surface area (Å²) in [6, 6.07) is 0. The van der Waals surface area contributed by atoms with E-state index in [0.717, 1.165) is 4.90 Å². The molecule has 102 valence electrons. The Balaban J connectivity index is 0.00000137. The van der Waals surface area contributed by atoms with Gasteiger partial charge in [0, 0.05) is 17.7 Å². The van der Waals surface area contributed by atoms with Crippen LogP contribution in [0.2, 0.25) is 0 Å². The SMILES string of the molecule is C/C=C\C1=C(C)C(=O)N(CC(O)CN)C1=O.CC. The summed E-state index contributed by atoms with van der Waals surface area (Å²) in [7, 11) is 0. The number of amides is 2. The van der Waals surface area contributed by atoms with Crippen LogP contribution in [0, 0.1) is 0 Å². The second-order valence-corrected chi connectivity index (χ2v) is 3.65. The van der Waals surface area contributed by atoms with E-state index in [-0.39, 0.29) is 24.9 Å². The maximum absolute atomic E-state index is 11.8. The lowest BCUT2D eigenvalue weighted by Crippen LogP contribution is -2.40. The third-order valence-electron chi connectivity index (χ3n) is 2.44. The van der Waals surface area contributed by atoms with Gasteiger partial charge in [-0.15, -0.1) is 0 Å². The molecule has 18 heavy (non-hydrogen) atoms. The highest BCUT2D eigenvalue weighted by Gasteiger charge is 2.35. The average molecular weight is 254 g/mol. The van der Waals surface area contributed by atoms with E-state index in [1.807, 2.05) is 13.8 Å². The standard InChI is InChI=1S/C11H16N2O3.C2H6/c1-3-4-9-7(2)10(15)13(11(9)16)6-8(14)5-12;1-2/h3-4,8,14H,5-6,12H2,1-2H3;1-2H3/b4-3-;. The van der Waals surface area contributed by atoms with Gasteiger partial charge < -0.3 is 10.8 Å². The van der Waals surface area contributed by atoms with Crippen molar-refractivity contribution in [2.45, 2.75) is 33.8 Å². The van der Waals surface area contributed by atoms with Crippen LogP contribution in [0.3, 0.4) is 0 Å². The first-order valence-corrected chi connectivity index (χ1v) is 6.10. The smallest absolute Gasteiger partial charge is 0.261 e. The minimum atomic E-state index is -0.870. The molecule has 1 rings (SSSR count). The molecule has 1 atom stereocenters. The van der Waals surface area contributed by atoms with Crippen molar-refractivity contribution >= 4 is 11.8 Å². The minimum Gasteiger partial charge on any atom is -0.390 e. The van der Waals surface area contributed by atoms with Crippen molar-refractivity contribution in [1.82, 2.24) is 4.90 Å². The van der Waals surface area contributed by atoms with Crippen molar-refractivity contribution in [2.75, 3.05) is 13.1 Å². The molecule has 0 spiro atoms. The Kier molecular flexibility index (Phi) is 7.16. The first-order valence-electron chi connectivity index (χ1n) is 6.10. The van der Waals surface area contributed by atoms with Crippen molar-refractivity contribution in [1.29, 1.82) is 0 Å². The molecule has 5 nitrogen and oxygen atoms in total. The lowest BCUT2D eigenvalue weighted by Gasteiger charge is -2.17. The van der Waals surface area contributed by atoms with Gasteiger partial charge in [-0.25, -0.2) is 0 Å². The first kappa shape index (κ1) is 16.5. The van der Waals surface area contributed by atoms with E-state index in [2.05, 4.69) is 0 Å². The molecule has 0 aromatic heterocycles. The molecule has 0 radical (unpaired) electrons. The van der Waals surface area contributed by atoms with E-state index < -0.39 is 6.10 Å². The van der Waals surface area contributed by atoms with Gasteiger partial charge >= 0.3 is 0 Å². The van der Waals surface area contributed by atoms with Gasteiger partial charge in [-0.2, -0.15) is 0 Å². The second-order valence-electron chi connectivity index (χ2n) is 3.65. The molecule has 2 amide bonds. The number of hydrogen-bond acceptors (Lipinski definition) is 4. The topological polar surface area (TPSA) is 83.6 Å². The fourth-order valence-corrected chi connectivity index (χ4v) is 1.53. The Bertz CT molecular complexity index is 372. The van der Waals surface area contributed by atoms with Crippen molar-refractivity contribution in [2.24, 2.45) is 5.73 Å². The monoisotopic (exact) mass is 254 g/mol. The molecule has 1 aliphatic heterocycles. The zero-order chi connectivity index (χ0) is 14.3. The summed E-state index contributed by atoms with van der Waals surface area (Å²) >= 11 is 0. The molecule has 0 aromatic carbocycles. The van der Waals surface area contributed by atoms with Crippen molar-refractivity contribution in [3.05, 3.63) is 23.3 Å². The summed E-state index contributed by atoms with van der Waals surface area (Å²) in [5.74, 6) is -0.723. The number of carbonyl (C=O) groups is 2. The summed E-state index contributed by atoms with van der Waals surface area (Å²) in [5.41, 5.74) is 6.04. The Morgan fingerprint density at radius 1 is 1.33 bits per heavy atom. The van der Waals surface area contributed by atoms with Crippen LogP contribution in [0.25, 0.3) is 0 Å². The number of allylic oxidation sites excluding steroid dienone is 1. The number of hydrogen-bond donors (Lipinski definition) is 2. The lowest BCUT2D eigenvalue weighted by atomic mass is 10.1. The van der Waals surface area contributed by atoms with E-state index in [1.165, 1.54) is 0 Å².